The highest BCUT2D eigenvalue weighted by molar-refractivity contribution is 5.53. The summed E-state index contributed by atoms with van der Waals surface area (Å²) in [6, 6.07) is 8.75. The molecule has 1 aromatic carbocycles. The summed E-state index contributed by atoms with van der Waals surface area (Å²) in [6.07, 6.45) is 5.36. The van der Waals surface area contributed by atoms with Gasteiger partial charge >= 0.3 is 0 Å². The van der Waals surface area contributed by atoms with Crippen LogP contribution in [0.15, 0.2) is 36.7 Å². The second-order valence-electron chi connectivity index (χ2n) is 5.14. The lowest BCUT2D eigenvalue weighted by Gasteiger charge is -2.51. The van der Waals surface area contributed by atoms with Gasteiger partial charge in [0.25, 0.3) is 0 Å². The molecule has 0 spiro atoms. The van der Waals surface area contributed by atoms with Gasteiger partial charge in [-0.1, -0.05) is 18.2 Å². The van der Waals surface area contributed by atoms with E-state index in [0.717, 1.165) is 8.97 Å². The van der Waals surface area contributed by atoms with Gasteiger partial charge in [-0.2, -0.15) is 8.97 Å². The van der Waals surface area contributed by atoms with E-state index in [-0.39, 0.29) is 0 Å². The first-order chi connectivity index (χ1) is 7.08. The van der Waals surface area contributed by atoms with E-state index in [1.807, 2.05) is 0 Å². The second-order valence-corrected chi connectivity index (χ2v) is 5.14. The Bertz CT molecular complexity index is 452. The molecule has 3 atom stereocenters. The summed E-state index contributed by atoms with van der Waals surface area (Å²) in [5.41, 5.74) is 2.87. The van der Waals surface area contributed by atoms with Gasteiger partial charge in [0.05, 0.1) is 7.05 Å². The van der Waals surface area contributed by atoms with Crippen molar-refractivity contribution in [3.8, 4) is 0 Å². The molecule has 4 rings (SSSR count). The molecule has 1 saturated heterocycles. The minimum atomic E-state index is 0.645. The average molecular weight is 202 g/mol. The third-order valence-electron chi connectivity index (χ3n) is 4.30. The van der Waals surface area contributed by atoms with Gasteiger partial charge in [0.1, 0.15) is 5.69 Å². The van der Waals surface area contributed by atoms with Crippen molar-refractivity contribution in [2.75, 3.05) is 13.7 Å². The molecule has 0 radical (unpaired) electrons. The lowest BCUT2D eigenvalue weighted by Crippen LogP contribution is -2.76. The molecule has 0 saturated carbocycles. The largest absolute Gasteiger partial charge is 0.235 e. The third-order valence-corrected chi connectivity index (χ3v) is 4.30. The topological polar surface area (TPSA) is 0 Å². The van der Waals surface area contributed by atoms with Crippen LogP contribution in [0.4, 0.5) is 5.69 Å². The van der Waals surface area contributed by atoms with E-state index >= 15 is 0 Å². The predicted octanol–water partition coefficient (Wildman–Crippen LogP) is 2.55. The van der Waals surface area contributed by atoms with Crippen LogP contribution in [0, 0.1) is 6.92 Å². The molecule has 78 valence electrons. The highest BCUT2D eigenvalue weighted by Gasteiger charge is 2.66. The highest BCUT2D eigenvalue weighted by Crippen LogP contribution is 2.47. The summed E-state index contributed by atoms with van der Waals surface area (Å²) >= 11 is 0. The van der Waals surface area contributed by atoms with Crippen LogP contribution in [0.3, 0.4) is 0 Å². The smallest absolute Gasteiger partial charge is 0.199 e. The number of quaternary nitrogens is 2. The number of nitrogens with zero attached hydrogens (tertiary/aromatic N) is 2. The Morgan fingerprint density at radius 3 is 2.47 bits per heavy atom. The zero-order valence-electron chi connectivity index (χ0n) is 9.64. The molecule has 2 bridgehead atoms. The minimum Gasteiger partial charge on any atom is -0.199 e. The van der Waals surface area contributed by atoms with Gasteiger partial charge in [0.2, 0.25) is 12.8 Å². The molecule has 3 unspecified atom stereocenters. The van der Waals surface area contributed by atoms with Crippen molar-refractivity contribution in [1.82, 2.24) is 4.48 Å². The first-order valence-corrected chi connectivity index (χ1v) is 5.57. The van der Waals surface area contributed by atoms with Crippen molar-refractivity contribution in [2.24, 2.45) is 0 Å². The van der Waals surface area contributed by atoms with Gasteiger partial charge in [-0.3, -0.25) is 0 Å². The molecule has 3 aliphatic rings. The van der Waals surface area contributed by atoms with Crippen molar-refractivity contribution in [1.29, 1.82) is 0 Å². The Morgan fingerprint density at radius 1 is 1.20 bits per heavy atom. The molecule has 1 fully saturated rings. The molecular weight excluding hydrogens is 184 g/mol. The summed E-state index contributed by atoms with van der Waals surface area (Å²) in [6.45, 7) is 5.74. The van der Waals surface area contributed by atoms with Crippen LogP contribution < -0.4 is 4.48 Å². The predicted molar refractivity (Wildman–Crippen MR) is 62.6 cm³/mol. The summed E-state index contributed by atoms with van der Waals surface area (Å²) in [5, 5.41) is 0. The normalized spacial score (nSPS) is 41.7. The standard InChI is InChI=1S/C13H18N2/c1-11-6-4-5-7-13(11)15-9-8-14(3,10-15)12(15)2/h4-9,12H,10H2,1-3H3/q+2. The number of benzene rings is 1. The summed E-state index contributed by atoms with van der Waals surface area (Å²) in [5.74, 6) is 0. The molecule has 0 N–H and O–H groups in total. The number of hydrogen-bond donors (Lipinski definition) is 0. The van der Waals surface area contributed by atoms with Crippen molar-refractivity contribution in [3.05, 3.63) is 42.2 Å². The van der Waals surface area contributed by atoms with E-state index in [1.165, 1.54) is 17.9 Å². The molecule has 2 nitrogen and oxygen atoms in total. The summed E-state index contributed by atoms with van der Waals surface area (Å²) < 4.78 is 2.14. The second kappa shape index (κ2) is 2.52. The number of rotatable bonds is 1. The van der Waals surface area contributed by atoms with E-state index in [1.54, 1.807) is 0 Å². The minimum absolute atomic E-state index is 0.645. The Kier molecular flexibility index (Phi) is 1.53. The van der Waals surface area contributed by atoms with Crippen molar-refractivity contribution in [3.63, 3.8) is 0 Å². The highest BCUT2D eigenvalue weighted by atomic mass is 15.7. The van der Waals surface area contributed by atoms with E-state index < -0.39 is 0 Å². The fourth-order valence-corrected chi connectivity index (χ4v) is 3.12. The van der Waals surface area contributed by atoms with Gasteiger partial charge in [0.15, 0.2) is 12.4 Å². The lowest BCUT2D eigenvalue weighted by molar-refractivity contribution is -0.941. The van der Waals surface area contributed by atoms with Crippen molar-refractivity contribution < 1.29 is 4.48 Å². The molecule has 3 heterocycles. The van der Waals surface area contributed by atoms with Crippen LogP contribution in [0.2, 0.25) is 0 Å². The van der Waals surface area contributed by atoms with Gasteiger partial charge < -0.3 is 0 Å². The summed E-state index contributed by atoms with van der Waals surface area (Å²) in [4.78, 5) is 0. The zero-order valence-corrected chi connectivity index (χ0v) is 9.64. The van der Waals surface area contributed by atoms with E-state index in [9.17, 15) is 0 Å². The first kappa shape index (κ1) is 9.13. The molecular formula is C13H18N2+2. The van der Waals surface area contributed by atoms with Crippen LogP contribution in [-0.4, -0.2) is 24.4 Å². The fraction of sp³-hybridized carbons (Fsp3) is 0.385. The van der Waals surface area contributed by atoms with Gasteiger partial charge in [-0.25, -0.2) is 0 Å². The Labute approximate surface area is 91.2 Å². The molecule has 0 aromatic heterocycles. The monoisotopic (exact) mass is 202 g/mol. The Balaban J connectivity index is 2.11. The number of para-hydroxylation sites is 1. The maximum absolute atomic E-state index is 2.37. The fourth-order valence-electron chi connectivity index (χ4n) is 3.12. The molecule has 1 aromatic rings. The maximum Gasteiger partial charge on any atom is 0.235 e. The first-order valence-electron chi connectivity index (χ1n) is 5.57. The van der Waals surface area contributed by atoms with Gasteiger partial charge in [0, 0.05) is 18.6 Å². The third kappa shape index (κ3) is 0.912. The average Bonchev–Trinajstić information content (AvgIpc) is 2.70. The van der Waals surface area contributed by atoms with E-state index in [4.69, 9.17) is 0 Å². The van der Waals surface area contributed by atoms with Crippen LogP contribution in [-0.2, 0) is 0 Å². The van der Waals surface area contributed by atoms with Crippen LogP contribution in [0.25, 0.3) is 0 Å². The quantitative estimate of drug-likeness (QED) is 0.614. The molecule has 2 heteroatoms. The number of hydrogen-bond acceptors (Lipinski definition) is 0. The SMILES string of the molecule is Cc1ccccc1[N+]12C=C[N+](C)(C1)C2C. The Hall–Kier alpha value is -1.12. The van der Waals surface area contributed by atoms with Gasteiger partial charge in [-0.15, -0.1) is 0 Å². The molecule has 0 amide bonds. The van der Waals surface area contributed by atoms with Crippen LogP contribution >= 0.6 is 0 Å². The van der Waals surface area contributed by atoms with Crippen LogP contribution in [0.5, 0.6) is 0 Å². The summed E-state index contributed by atoms with van der Waals surface area (Å²) in [7, 11) is 2.31. The molecule has 3 aliphatic heterocycles. The van der Waals surface area contributed by atoms with Crippen molar-refractivity contribution >= 4 is 5.69 Å². The number of aryl methyl sites for hydroxylation is 1. The Morgan fingerprint density at radius 2 is 1.93 bits per heavy atom. The van der Waals surface area contributed by atoms with E-state index in [2.05, 4.69) is 57.6 Å². The van der Waals surface area contributed by atoms with Crippen LogP contribution in [0.1, 0.15) is 12.5 Å². The van der Waals surface area contributed by atoms with E-state index in [0.29, 0.717) is 6.17 Å². The molecule has 15 heavy (non-hydrogen) atoms. The van der Waals surface area contributed by atoms with Gasteiger partial charge in [-0.05, 0) is 6.92 Å². The molecule has 0 aliphatic carbocycles. The zero-order chi connectivity index (χ0) is 10.7. The van der Waals surface area contributed by atoms with Crippen molar-refractivity contribution in [2.45, 2.75) is 20.0 Å². The lowest BCUT2D eigenvalue weighted by atomic mass is 10.1. The maximum atomic E-state index is 2.37.